The number of halogens is 2. The van der Waals surface area contributed by atoms with E-state index in [1.807, 2.05) is 5.38 Å². The van der Waals surface area contributed by atoms with E-state index in [1.165, 1.54) is 22.5 Å². The van der Waals surface area contributed by atoms with Crippen molar-refractivity contribution in [3.8, 4) is 0 Å². The van der Waals surface area contributed by atoms with Crippen LogP contribution < -0.4 is 10.7 Å². The van der Waals surface area contributed by atoms with Crippen LogP contribution in [0.3, 0.4) is 0 Å². The molecule has 0 amide bonds. The normalized spacial score (nSPS) is 21.4. The van der Waals surface area contributed by atoms with Gasteiger partial charge in [-0.15, -0.1) is 11.3 Å². The zero-order chi connectivity index (χ0) is 24.1. The van der Waals surface area contributed by atoms with E-state index in [4.69, 9.17) is 9.84 Å². The van der Waals surface area contributed by atoms with Crippen molar-refractivity contribution >= 4 is 60.0 Å². The van der Waals surface area contributed by atoms with Gasteiger partial charge >= 0.3 is 5.97 Å². The number of nitrogens with one attached hydrogen (secondary N) is 2. The van der Waals surface area contributed by atoms with Crippen LogP contribution in [0.1, 0.15) is 49.2 Å². The lowest BCUT2D eigenvalue weighted by Crippen LogP contribution is -2.41. The van der Waals surface area contributed by atoms with Crippen LogP contribution in [0, 0.1) is 5.92 Å². The predicted molar refractivity (Wildman–Crippen MR) is 144 cm³/mol. The highest BCUT2D eigenvalue weighted by molar-refractivity contribution is 9.10. The summed E-state index contributed by atoms with van der Waals surface area (Å²) in [6.45, 7) is 4.37. The number of aromatic nitrogens is 1. The summed E-state index contributed by atoms with van der Waals surface area (Å²) in [5.74, 6) is -0.0911. The van der Waals surface area contributed by atoms with E-state index >= 15 is 0 Å². The molecule has 0 radical (unpaired) electrons. The Morgan fingerprint density at radius 1 is 1.15 bits per heavy atom. The SMILES string of the molecule is CCOC(=O)Cc1csc(N/N=C2\CC(c3ccc(Br)cc3)NC(c3ccc(Br)cc3)C2C)n1. The summed E-state index contributed by atoms with van der Waals surface area (Å²) in [5.41, 5.74) is 7.33. The van der Waals surface area contributed by atoms with Gasteiger partial charge in [-0.1, -0.05) is 63.0 Å². The maximum Gasteiger partial charge on any atom is 0.311 e. The molecule has 3 atom stereocenters. The van der Waals surface area contributed by atoms with E-state index in [-0.39, 0.29) is 30.4 Å². The quantitative estimate of drug-likeness (QED) is 0.233. The Hall–Kier alpha value is -2.07. The Morgan fingerprint density at radius 2 is 1.79 bits per heavy atom. The minimum Gasteiger partial charge on any atom is -0.466 e. The number of anilines is 1. The van der Waals surface area contributed by atoms with Crippen LogP contribution in [0.15, 0.2) is 68.0 Å². The van der Waals surface area contributed by atoms with Crippen LogP contribution >= 0.6 is 43.2 Å². The Balaban J connectivity index is 1.56. The van der Waals surface area contributed by atoms with Gasteiger partial charge in [0, 0.05) is 44.5 Å². The van der Waals surface area contributed by atoms with Crippen molar-refractivity contribution in [1.29, 1.82) is 0 Å². The van der Waals surface area contributed by atoms with E-state index in [0.717, 1.165) is 21.1 Å². The van der Waals surface area contributed by atoms with Gasteiger partial charge in [-0.2, -0.15) is 5.10 Å². The summed E-state index contributed by atoms with van der Waals surface area (Å²) in [6.07, 6.45) is 0.948. The molecule has 2 aromatic carbocycles. The highest BCUT2D eigenvalue weighted by atomic mass is 79.9. The van der Waals surface area contributed by atoms with E-state index in [2.05, 4.69) is 103 Å². The second-order valence-corrected chi connectivity index (χ2v) is 10.8. The molecular weight excluding hydrogens is 580 g/mol. The predicted octanol–water partition coefficient (Wildman–Crippen LogP) is 6.65. The third kappa shape index (κ3) is 6.33. The van der Waals surface area contributed by atoms with Gasteiger partial charge in [-0.25, -0.2) is 4.98 Å². The molecule has 34 heavy (non-hydrogen) atoms. The van der Waals surface area contributed by atoms with Gasteiger partial charge in [0.1, 0.15) is 0 Å². The minimum atomic E-state index is -0.271. The fourth-order valence-electron chi connectivity index (χ4n) is 4.04. The maximum atomic E-state index is 11.7. The van der Waals surface area contributed by atoms with Crippen molar-refractivity contribution in [3.63, 3.8) is 0 Å². The summed E-state index contributed by atoms with van der Waals surface area (Å²) in [7, 11) is 0. The monoisotopic (exact) mass is 604 g/mol. The number of carbonyl (C=O) groups excluding carboxylic acids is 1. The first-order valence-electron chi connectivity index (χ1n) is 11.1. The molecule has 4 rings (SSSR count). The van der Waals surface area contributed by atoms with Gasteiger partial charge in [-0.3, -0.25) is 10.2 Å². The van der Waals surface area contributed by atoms with Crippen molar-refractivity contribution in [3.05, 3.63) is 79.7 Å². The Kier molecular flexibility index (Phi) is 8.52. The molecule has 1 fully saturated rings. The topological polar surface area (TPSA) is 75.6 Å². The number of hydrogen-bond donors (Lipinski definition) is 2. The van der Waals surface area contributed by atoms with Crippen LogP contribution in [0.5, 0.6) is 0 Å². The summed E-state index contributed by atoms with van der Waals surface area (Å²) in [4.78, 5) is 16.2. The number of hydrazone groups is 1. The van der Waals surface area contributed by atoms with Crippen molar-refractivity contribution in [1.82, 2.24) is 10.3 Å². The van der Waals surface area contributed by atoms with Crippen molar-refractivity contribution < 1.29 is 9.53 Å². The highest BCUT2D eigenvalue weighted by Gasteiger charge is 2.33. The van der Waals surface area contributed by atoms with E-state index < -0.39 is 0 Å². The molecule has 178 valence electrons. The lowest BCUT2D eigenvalue weighted by atomic mass is 9.81. The molecule has 3 unspecified atom stereocenters. The fraction of sp³-hybridized carbons (Fsp3) is 0.320. The zero-order valence-corrected chi connectivity index (χ0v) is 22.9. The summed E-state index contributed by atoms with van der Waals surface area (Å²) >= 11 is 8.50. The molecule has 6 nitrogen and oxygen atoms in total. The van der Waals surface area contributed by atoms with Gasteiger partial charge in [0.25, 0.3) is 0 Å². The van der Waals surface area contributed by atoms with Crippen LogP contribution in [0.25, 0.3) is 0 Å². The Morgan fingerprint density at radius 3 is 2.44 bits per heavy atom. The lowest BCUT2D eigenvalue weighted by molar-refractivity contribution is -0.142. The average Bonchev–Trinajstić information content (AvgIpc) is 3.27. The molecule has 2 N–H and O–H groups in total. The molecule has 1 aromatic heterocycles. The van der Waals surface area contributed by atoms with Gasteiger partial charge in [0.2, 0.25) is 5.13 Å². The largest absolute Gasteiger partial charge is 0.466 e. The number of esters is 1. The molecule has 2 heterocycles. The van der Waals surface area contributed by atoms with Crippen LogP contribution in [0.4, 0.5) is 5.13 Å². The maximum absolute atomic E-state index is 11.7. The van der Waals surface area contributed by atoms with Gasteiger partial charge in [0.05, 0.1) is 18.7 Å². The molecule has 0 bridgehead atoms. The van der Waals surface area contributed by atoms with Crippen molar-refractivity contribution in [2.45, 2.75) is 38.8 Å². The molecule has 1 aliphatic rings. The molecule has 1 saturated heterocycles. The smallest absolute Gasteiger partial charge is 0.311 e. The van der Waals surface area contributed by atoms with E-state index in [9.17, 15) is 4.79 Å². The second kappa shape index (κ2) is 11.6. The molecule has 1 aliphatic heterocycles. The molecule has 9 heteroatoms. The van der Waals surface area contributed by atoms with E-state index in [0.29, 0.717) is 17.4 Å². The minimum absolute atomic E-state index is 0.117. The summed E-state index contributed by atoms with van der Waals surface area (Å²) in [6, 6.07) is 17.1. The molecule has 0 spiro atoms. The Bertz CT molecular complexity index is 1150. The number of benzene rings is 2. The first kappa shape index (κ1) is 25.0. The average molecular weight is 606 g/mol. The van der Waals surface area contributed by atoms with Gasteiger partial charge in [0.15, 0.2) is 0 Å². The second-order valence-electron chi connectivity index (χ2n) is 8.13. The number of nitrogens with zero attached hydrogens (tertiary/aromatic N) is 2. The third-order valence-corrected chi connectivity index (χ3v) is 7.65. The molecular formula is C25H26Br2N4O2S. The molecule has 0 saturated carbocycles. The summed E-state index contributed by atoms with van der Waals surface area (Å²) < 4.78 is 7.13. The number of ether oxygens (including phenoxy) is 1. The lowest BCUT2D eigenvalue weighted by Gasteiger charge is -2.37. The number of piperidine rings is 1. The number of carbonyl (C=O) groups is 1. The number of hydrogen-bond acceptors (Lipinski definition) is 7. The number of rotatable bonds is 7. The van der Waals surface area contributed by atoms with Gasteiger partial charge < -0.3 is 10.1 Å². The van der Waals surface area contributed by atoms with E-state index in [1.54, 1.807) is 6.92 Å². The first-order valence-corrected chi connectivity index (χ1v) is 13.6. The fourth-order valence-corrected chi connectivity index (χ4v) is 5.22. The molecule has 3 aromatic rings. The number of thiazole rings is 1. The van der Waals surface area contributed by atoms with Crippen LogP contribution in [-0.4, -0.2) is 23.3 Å². The van der Waals surface area contributed by atoms with Crippen LogP contribution in [-0.2, 0) is 16.0 Å². The molecule has 0 aliphatic carbocycles. The first-order chi connectivity index (χ1) is 16.4. The van der Waals surface area contributed by atoms with Crippen molar-refractivity contribution in [2.24, 2.45) is 11.0 Å². The standard InChI is InChI=1S/C25H26Br2N4O2S/c1-3-33-23(32)12-20-14-34-25(28-20)31-30-21-13-22(16-4-8-18(26)9-5-16)29-24(15(21)2)17-6-10-19(27)11-7-17/h4-11,14-15,22,24,29H,3,12-13H2,1-2H3,(H,28,31)/b30-21+. The Labute approximate surface area is 220 Å². The highest BCUT2D eigenvalue weighted by Crippen LogP contribution is 2.36. The summed E-state index contributed by atoms with van der Waals surface area (Å²) in [5, 5.41) is 11.2. The third-order valence-electron chi connectivity index (χ3n) is 5.80. The zero-order valence-electron chi connectivity index (χ0n) is 18.9. The van der Waals surface area contributed by atoms with Crippen LogP contribution in [0.2, 0.25) is 0 Å². The van der Waals surface area contributed by atoms with Crippen molar-refractivity contribution in [2.75, 3.05) is 12.0 Å². The van der Waals surface area contributed by atoms with Gasteiger partial charge in [-0.05, 0) is 42.3 Å².